The maximum Gasteiger partial charge on any atom is 0.0534 e. The summed E-state index contributed by atoms with van der Waals surface area (Å²) in [4.78, 5) is 0. The van der Waals surface area contributed by atoms with Crippen LogP contribution in [0.3, 0.4) is 0 Å². The fourth-order valence-electron chi connectivity index (χ4n) is 0.331. The molecule has 0 spiro atoms. The van der Waals surface area contributed by atoms with E-state index < -0.39 is 0 Å². The molecule has 0 aliphatic heterocycles. The fraction of sp³-hybridized carbons (Fsp3) is 0.714. The Morgan fingerprint density at radius 3 is 2.88 bits per heavy atom. The zero-order chi connectivity index (χ0) is 8.20. The first-order chi connectivity index (χ1) is 4.48. The van der Waals surface area contributed by atoms with E-state index in [1.165, 1.54) is 0 Å². The Hall–Kier alpha value is 0.220. The molecular weight excluding hydrogens is 164 g/mol. The lowest BCUT2D eigenvalue weighted by molar-refractivity contribution is 0.435. The van der Waals surface area contributed by atoms with Crippen LogP contribution in [0.5, 0.6) is 0 Å². The van der Waals surface area contributed by atoms with Crippen molar-refractivity contribution in [2.75, 3.05) is 5.33 Å². The Kier molecular flexibility index (Phi) is 2.07. The summed E-state index contributed by atoms with van der Waals surface area (Å²) < 4.78 is 13.7. The van der Waals surface area contributed by atoms with Crippen molar-refractivity contribution in [2.45, 2.75) is 20.3 Å². The minimum Gasteiger partial charge on any atom is -0.103 e. The zero-order valence-corrected chi connectivity index (χ0v) is 6.96. The van der Waals surface area contributed by atoms with E-state index in [-0.39, 0.29) is 11.9 Å². The molecule has 0 saturated heterocycles. The van der Waals surface area contributed by atoms with Gasteiger partial charge in [-0.2, -0.15) is 0 Å². The Balaban J connectivity index is 3.78. The monoisotopic (exact) mass is 178 g/mol. The van der Waals surface area contributed by atoms with Crippen molar-refractivity contribution in [2.24, 2.45) is 5.41 Å². The summed E-state index contributed by atoms with van der Waals surface area (Å²) in [7, 11) is 0. The van der Waals surface area contributed by atoms with Gasteiger partial charge in [0, 0.05) is 5.33 Å². The van der Waals surface area contributed by atoms with Gasteiger partial charge in [-0.15, -0.1) is 6.53 Å². The molecule has 0 saturated carbocycles. The Labute approximate surface area is 62.9 Å². The van der Waals surface area contributed by atoms with Gasteiger partial charge in [-0.25, -0.2) is 0 Å². The standard InChI is InChI=1S/C7H13Br/c1-4-5-7(2,3)6-8/h4H,1,5-6H2,2-3H3/i1D2. The van der Waals surface area contributed by atoms with Crippen LogP contribution >= 0.6 is 15.9 Å². The van der Waals surface area contributed by atoms with Crippen molar-refractivity contribution in [3.05, 3.63) is 12.6 Å². The normalized spacial score (nSPS) is 14.4. The van der Waals surface area contributed by atoms with Crippen molar-refractivity contribution in [3.63, 3.8) is 0 Å². The Morgan fingerprint density at radius 1 is 1.88 bits per heavy atom. The molecule has 0 aromatic rings. The lowest BCUT2D eigenvalue weighted by Crippen LogP contribution is -2.10. The number of allylic oxidation sites excluding steroid dienone is 1. The van der Waals surface area contributed by atoms with Crippen molar-refractivity contribution in [3.8, 4) is 0 Å². The van der Waals surface area contributed by atoms with Gasteiger partial charge in [0.05, 0.1) is 2.74 Å². The van der Waals surface area contributed by atoms with Crippen molar-refractivity contribution < 1.29 is 2.74 Å². The maximum absolute atomic E-state index is 6.85. The Bertz CT molecular complexity index is 126. The minimum absolute atomic E-state index is 0.0889. The minimum atomic E-state index is -0.0889. The fourth-order valence-corrected chi connectivity index (χ4v) is 0.560. The van der Waals surface area contributed by atoms with Gasteiger partial charge in [-0.3, -0.25) is 0 Å². The molecule has 0 bridgehead atoms. The van der Waals surface area contributed by atoms with Crippen LogP contribution in [0.15, 0.2) is 12.6 Å². The highest BCUT2D eigenvalue weighted by Gasteiger charge is 2.12. The SMILES string of the molecule is [2H]C([2H])=CCC(C)(C)CBr. The zero-order valence-electron chi connectivity index (χ0n) is 7.37. The molecule has 0 nitrogen and oxygen atoms in total. The summed E-state index contributed by atoms with van der Waals surface area (Å²) in [6.45, 7) is 4.11. The molecule has 0 atom stereocenters. The number of halogens is 1. The molecule has 48 valence electrons. The maximum atomic E-state index is 6.85. The first kappa shape index (κ1) is 5.04. The summed E-state index contributed by atoms with van der Waals surface area (Å²) >= 11 is 3.37. The van der Waals surface area contributed by atoms with Gasteiger partial charge in [-0.05, 0) is 11.8 Å². The number of alkyl halides is 1. The van der Waals surface area contributed by atoms with Gasteiger partial charge in [0.2, 0.25) is 0 Å². The topological polar surface area (TPSA) is 0 Å². The van der Waals surface area contributed by atoms with E-state index in [0.29, 0.717) is 0 Å². The lowest BCUT2D eigenvalue weighted by Gasteiger charge is -2.18. The highest BCUT2D eigenvalue weighted by Crippen LogP contribution is 2.22. The van der Waals surface area contributed by atoms with E-state index >= 15 is 0 Å². The van der Waals surface area contributed by atoms with Crippen LogP contribution in [0.2, 0.25) is 0 Å². The van der Waals surface area contributed by atoms with E-state index in [1.807, 2.05) is 0 Å². The average Bonchev–Trinajstić information content (AvgIpc) is 1.85. The molecule has 1 heteroatoms. The smallest absolute Gasteiger partial charge is 0.0534 e. The van der Waals surface area contributed by atoms with Crippen LogP contribution in [0.1, 0.15) is 23.0 Å². The van der Waals surface area contributed by atoms with Gasteiger partial charge >= 0.3 is 0 Å². The number of hydrogen-bond acceptors (Lipinski definition) is 0. The third-order valence-corrected chi connectivity index (χ3v) is 2.53. The van der Waals surface area contributed by atoms with Crippen LogP contribution in [-0.2, 0) is 0 Å². The molecule has 0 aliphatic rings. The van der Waals surface area contributed by atoms with Crippen molar-refractivity contribution in [1.29, 1.82) is 0 Å². The van der Waals surface area contributed by atoms with Gasteiger partial charge in [0.15, 0.2) is 0 Å². The molecule has 0 radical (unpaired) electrons. The largest absolute Gasteiger partial charge is 0.103 e. The van der Waals surface area contributed by atoms with E-state index in [0.717, 1.165) is 11.8 Å². The summed E-state index contributed by atoms with van der Waals surface area (Å²) in [5.74, 6) is 0. The molecule has 0 N–H and O–H groups in total. The van der Waals surface area contributed by atoms with Crippen LogP contribution in [0, 0.1) is 5.41 Å². The third-order valence-electron chi connectivity index (χ3n) is 1.02. The summed E-state index contributed by atoms with van der Waals surface area (Å²) in [5.41, 5.74) is 0.174. The molecule has 0 amide bonds. The van der Waals surface area contributed by atoms with Crippen LogP contribution in [0.25, 0.3) is 0 Å². The summed E-state index contributed by atoms with van der Waals surface area (Å²) in [5, 5.41) is 0.907. The molecule has 0 fully saturated rings. The van der Waals surface area contributed by atoms with Crippen molar-refractivity contribution in [1.82, 2.24) is 0 Å². The molecule has 0 aromatic heterocycles. The second-order valence-electron chi connectivity index (χ2n) is 2.71. The van der Waals surface area contributed by atoms with Gasteiger partial charge in [0.25, 0.3) is 0 Å². The summed E-state index contributed by atoms with van der Waals surface area (Å²) in [6.07, 6.45) is 2.42. The third kappa shape index (κ3) is 3.25. The van der Waals surface area contributed by atoms with Gasteiger partial charge in [-0.1, -0.05) is 35.9 Å². The van der Waals surface area contributed by atoms with E-state index in [4.69, 9.17) is 2.74 Å². The first-order valence-electron chi connectivity index (χ1n) is 3.67. The molecule has 8 heavy (non-hydrogen) atoms. The lowest BCUT2D eigenvalue weighted by atomic mass is 9.93. The number of hydrogen-bond donors (Lipinski definition) is 0. The highest BCUT2D eigenvalue weighted by atomic mass is 79.9. The molecule has 0 unspecified atom stereocenters. The summed E-state index contributed by atoms with van der Waals surface area (Å²) in [6, 6.07) is 0. The van der Waals surface area contributed by atoms with E-state index in [9.17, 15) is 0 Å². The average molecular weight is 179 g/mol. The van der Waals surface area contributed by atoms with E-state index in [1.54, 1.807) is 6.08 Å². The molecule has 0 rings (SSSR count). The predicted octanol–water partition coefficient (Wildman–Crippen LogP) is 2.98. The van der Waals surface area contributed by atoms with E-state index in [2.05, 4.69) is 29.8 Å². The van der Waals surface area contributed by atoms with Crippen LogP contribution in [-0.4, -0.2) is 5.33 Å². The highest BCUT2D eigenvalue weighted by molar-refractivity contribution is 9.09. The molecule has 0 aromatic carbocycles. The van der Waals surface area contributed by atoms with Crippen LogP contribution in [0.4, 0.5) is 0 Å². The quantitative estimate of drug-likeness (QED) is 0.461. The van der Waals surface area contributed by atoms with Gasteiger partial charge < -0.3 is 0 Å². The number of rotatable bonds is 3. The molecule has 0 heterocycles. The Morgan fingerprint density at radius 2 is 2.50 bits per heavy atom. The first-order valence-corrected chi connectivity index (χ1v) is 3.79. The van der Waals surface area contributed by atoms with Crippen LogP contribution < -0.4 is 0 Å². The molecule has 0 aliphatic carbocycles. The predicted molar refractivity (Wildman–Crippen MR) is 42.4 cm³/mol. The van der Waals surface area contributed by atoms with Crippen molar-refractivity contribution >= 4 is 15.9 Å². The molecular formula is C7H13Br. The van der Waals surface area contributed by atoms with Gasteiger partial charge in [0.1, 0.15) is 0 Å². The second-order valence-corrected chi connectivity index (χ2v) is 3.27. The second kappa shape index (κ2) is 3.29.